The lowest BCUT2D eigenvalue weighted by Gasteiger charge is -2.50. The number of hydrogen-bond acceptors (Lipinski definition) is 6. The van der Waals surface area contributed by atoms with E-state index in [0.717, 1.165) is 79.5 Å². The fraction of sp³-hybridized carbons (Fsp3) is 0.579. The number of likely N-dealkylation sites (N-methyl/N-ethyl adjacent to an activating group) is 1. The Kier molecular flexibility index (Phi) is 7.71. The molecule has 3 aromatic rings. The van der Waals surface area contributed by atoms with Gasteiger partial charge in [-0.05, 0) is 107 Å². The SMILES string of the molecule is COc1ccc2c(c1)C1CC1(C(=O)N1C3CCCC1CN(C)C3)Cn1c-2c(C2CCCCC2)c2ccc(C(=O)NS(=O)(=O)C(C)C)cc21. The summed E-state index contributed by atoms with van der Waals surface area (Å²) in [5.41, 5.74) is 5.41. The number of carbonyl (C=O) groups is 2. The van der Waals surface area contributed by atoms with E-state index >= 15 is 4.79 Å². The van der Waals surface area contributed by atoms with Crippen LogP contribution in [0.4, 0.5) is 0 Å². The number of benzene rings is 2. The highest BCUT2D eigenvalue weighted by molar-refractivity contribution is 7.90. The summed E-state index contributed by atoms with van der Waals surface area (Å²) in [6.07, 6.45) is 9.82. The molecule has 3 aliphatic heterocycles. The van der Waals surface area contributed by atoms with Crippen molar-refractivity contribution in [2.45, 2.75) is 107 Å². The lowest BCUT2D eigenvalue weighted by Crippen LogP contribution is -2.63. The Balaban J connectivity index is 1.32. The molecule has 0 spiro atoms. The number of amides is 2. The second-order valence-corrected chi connectivity index (χ2v) is 17.7. The molecule has 4 fully saturated rings. The minimum atomic E-state index is -3.80. The summed E-state index contributed by atoms with van der Waals surface area (Å²) in [5.74, 6) is 0.890. The summed E-state index contributed by atoms with van der Waals surface area (Å²) in [6, 6.07) is 12.5. The smallest absolute Gasteiger partial charge is 0.264 e. The molecule has 2 saturated heterocycles. The lowest BCUT2D eigenvalue weighted by molar-refractivity contribution is -0.149. The zero-order valence-electron chi connectivity index (χ0n) is 28.6. The Hall–Kier alpha value is -3.37. The molecule has 4 unspecified atom stereocenters. The number of rotatable bonds is 6. The number of hydrogen-bond donors (Lipinski definition) is 1. The summed E-state index contributed by atoms with van der Waals surface area (Å²) in [7, 11) is 0.0719. The predicted octanol–water partition coefficient (Wildman–Crippen LogP) is 6.02. The van der Waals surface area contributed by atoms with E-state index in [0.29, 0.717) is 18.0 Å². The van der Waals surface area contributed by atoms with E-state index in [1.165, 1.54) is 30.4 Å². The van der Waals surface area contributed by atoms with E-state index in [4.69, 9.17) is 4.74 Å². The molecule has 1 N–H and O–H groups in total. The first-order valence-electron chi connectivity index (χ1n) is 17.9. The molecule has 10 heteroatoms. The van der Waals surface area contributed by atoms with Crippen LogP contribution in [-0.2, 0) is 21.4 Å². The number of piperazine rings is 1. The van der Waals surface area contributed by atoms with Gasteiger partial charge in [-0.1, -0.05) is 25.3 Å². The van der Waals surface area contributed by atoms with Crippen molar-refractivity contribution in [3.8, 4) is 17.0 Å². The van der Waals surface area contributed by atoms with Crippen LogP contribution >= 0.6 is 0 Å². The average molecular weight is 673 g/mol. The quantitative estimate of drug-likeness (QED) is 0.344. The van der Waals surface area contributed by atoms with Gasteiger partial charge in [0.2, 0.25) is 15.9 Å². The number of nitrogens with zero attached hydrogens (tertiary/aromatic N) is 3. The van der Waals surface area contributed by atoms with Crippen molar-refractivity contribution >= 4 is 32.7 Å². The van der Waals surface area contributed by atoms with Gasteiger partial charge in [-0.15, -0.1) is 0 Å². The molecule has 4 heterocycles. The molecule has 1 aromatic heterocycles. The van der Waals surface area contributed by atoms with Crippen molar-refractivity contribution < 1.29 is 22.7 Å². The fourth-order valence-electron chi connectivity index (χ4n) is 9.63. The van der Waals surface area contributed by atoms with Crippen LogP contribution < -0.4 is 9.46 Å². The van der Waals surface area contributed by atoms with E-state index in [9.17, 15) is 13.2 Å². The van der Waals surface area contributed by atoms with Crippen molar-refractivity contribution in [1.82, 2.24) is 19.1 Å². The molecular weight excluding hydrogens is 625 g/mol. The third-order valence-corrected chi connectivity index (χ3v) is 13.9. The summed E-state index contributed by atoms with van der Waals surface area (Å²) >= 11 is 0. The molecule has 8 rings (SSSR count). The highest BCUT2D eigenvalue weighted by atomic mass is 32.2. The van der Waals surface area contributed by atoms with Crippen LogP contribution in [0.1, 0.15) is 105 Å². The van der Waals surface area contributed by atoms with Gasteiger partial charge in [0, 0.05) is 59.7 Å². The van der Waals surface area contributed by atoms with Crippen LogP contribution in [0.25, 0.3) is 22.2 Å². The molecule has 2 amide bonds. The first kappa shape index (κ1) is 31.9. The number of fused-ring (bicyclic) bond motifs is 9. The maximum Gasteiger partial charge on any atom is 0.264 e. The monoisotopic (exact) mass is 672 g/mol. The van der Waals surface area contributed by atoms with Gasteiger partial charge in [-0.3, -0.25) is 9.59 Å². The maximum absolute atomic E-state index is 15.1. The average Bonchev–Trinajstić information content (AvgIpc) is 3.73. The van der Waals surface area contributed by atoms with Gasteiger partial charge >= 0.3 is 0 Å². The van der Waals surface area contributed by atoms with Crippen molar-refractivity contribution in [2.75, 3.05) is 27.2 Å². The Morgan fingerprint density at radius 2 is 1.69 bits per heavy atom. The van der Waals surface area contributed by atoms with Gasteiger partial charge in [0.25, 0.3) is 5.91 Å². The summed E-state index contributed by atoms with van der Waals surface area (Å²) < 4.78 is 35.8. The van der Waals surface area contributed by atoms with Crippen molar-refractivity contribution in [1.29, 1.82) is 0 Å². The van der Waals surface area contributed by atoms with Crippen LogP contribution in [0.15, 0.2) is 36.4 Å². The topological polar surface area (TPSA) is 101 Å². The summed E-state index contributed by atoms with van der Waals surface area (Å²) in [5, 5.41) is 0.369. The Morgan fingerprint density at radius 1 is 0.958 bits per heavy atom. The third-order valence-electron chi connectivity index (χ3n) is 12.2. The number of carbonyl (C=O) groups excluding carboxylic acids is 2. The van der Waals surface area contributed by atoms with Gasteiger partial charge in [-0.25, -0.2) is 13.1 Å². The highest BCUT2D eigenvalue weighted by Crippen LogP contribution is 2.66. The molecule has 9 nitrogen and oxygen atoms in total. The van der Waals surface area contributed by atoms with Gasteiger partial charge in [0.1, 0.15) is 5.75 Å². The van der Waals surface area contributed by atoms with Crippen molar-refractivity contribution in [2.24, 2.45) is 5.41 Å². The third kappa shape index (κ3) is 4.99. The van der Waals surface area contributed by atoms with E-state index in [2.05, 4.69) is 38.3 Å². The molecule has 2 aromatic carbocycles. The Labute approximate surface area is 284 Å². The van der Waals surface area contributed by atoms with E-state index in [1.807, 2.05) is 18.2 Å². The molecule has 256 valence electrons. The number of sulfonamides is 1. The zero-order chi connectivity index (χ0) is 33.5. The van der Waals surface area contributed by atoms with Crippen LogP contribution in [0.2, 0.25) is 0 Å². The molecule has 2 aliphatic carbocycles. The molecule has 4 atom stereocenters. The van der Waals surface area contributed by atoms with Crippen LogP contribution in [0.3, 0.4) is 0 Å². The fourth-order valence-corrected chi connectivity index (χ4v) is 10.2. The first-order chi connectivity index (χ1) is 23.0. The van der Waals surface area contributed by atoms with Crippen LogP contribution in [-0.4, -0.2) is 79.2 Å². The largest absolute Gasteiger partial charge is 0.497 e. The first-order valence-corrected chi connectivity index (χ1v) is 19.5. The van der Waals surface area contributed by atoms with Gasteiger partial charge in [-0.2, -0.15) is 0 Å². The van der Waals surface area contributed by atoms with E-state index in [-0.39, 0.29) is 23.9 Å². The Bertz CT molecular complexity index is 1900. The maximum atomic E-state index is 15.1. The van der Waals surface area contributed by atoms with Crippen LogP contribution in [0, 0.1) is 5.41 Å². The standard InChI is InChI=1S/C38H48N4O5S/c1-23(2)48(45,46)39-36(43)25-13-15-30-33(17-25)41-22-38(37(44)42-26-11-8-12-27(42)21-40(3)20-26)19-32(38)31-18-28(47-4)14-16-29(31)35(41)34(30)24-9-6-5-7-10-24/h13-18,23-24,26-27,32H,5-12,19-22H2,1-4H3,(H,39,43). The number of aromatic nitrogens is 1. The predicted molar refractivity (Wildman–Crippen MR) is 187 cm³/mol. The van der Waals surface area contributed by atoms with Gasteiger partial charge in [0.15, 0.2) is 0 Å². The second kappa shape index (κ2) is 11.6. The Morgan fingerprint density at radius 3 is 2.38 bits per heavy atom. The van der Waals surface area contributed by atoms with Gasteiger partial charge in [0.05, 0.1) is 23.5 Å². The summed E-state index contributed by atoms with van der Waals surface area (Å²) in [4.78, 5) is 33.2. The molecular formula is C38H48N4O5S. The summed E-state index contributed by atoms with van der Waals surface area (Å²) in [6.45, 7) is 5.48. The minimum Gasteiger partial charge on any atom is -0.497 e. The number of ether oxygens (including phenoxy) is 1. The lowest BCUT2D eigenvalue weighted by atomic mass is 9.81. The second-order valence-electron chi connectivity index (χ2n) is 15.5. The highest BCUT2D eigenvalue weighted by Gasteiger charge is 2.65. The number of piperidine rings is 1. The molecule has 48 heavy (non-hydrogen) atoms. The molecule has 2 saturated carbocycles. The number of likely N-dealkylation sites (tertiary alicyclic amines) is 1. The normalized spacial score (nSPS) is 27.2. The van der Waals surface area contributed by atoms with Crippen molar-refractivity contribution in [3.63, 3.8) is 0 Å². The van der Waals surface area contributed by atoms with E-state index in [1.54, 1.807) is 27.0 Å². The molecule has 5 aliphatic rings. The molecule has 0 radical (unpaired) electrons. The molecule has 2 bridgehead atoms. The number of methoxy groups -OCH3 is 1. The number of nitrogens with one attached hydrogen (secondary N) is 1. The zero-order valence-corrected chi connectivity index (χ0v) is 29.4. The minimum absolute atomic E-state index is 0.0762. The van der Waals surface area contributed by atoms with Gasteiger partial charge < -0.3 is 19.1 Å². The van der Waals surface area contributed by atoms with E-state index < -0.39 is 26.6 Å². The van der Waals surface area contributed by atoms with Crippen molar-refractivity contribution in [3.05, 3.63) is 53.1 Å². The van der Waals surface area contributed by atoms with Crippen LogP contribution in [0.5, 0.6) is 5.75 Å².